The molecular formula is C10H8ClFN2O2. The summed E-state index contributed by atoms with van der Waals surface area (Å²) in [5.74, 6) is 0.790. The van der Waals surface area contributed by atoms with E-state index in [-0.39, 0.29) is 11.6 Å². The van der Waals surface area contributed by atoms with Gasteiger partial charge < -0.3 is 9.15 Å². The van der Waals surface area contributed by atoms with Crippen molar-refractivity contribution in [1.82, 2.24) is 10.2 Å². The highest BCUT2D eigenvalue weighted by atomic mass is 35.5. The Balaban J connectivity index is 2.02. The number of hydrogen-bond donors (Lipinski definition) is 0. The lowest BCUT2D eigenvalue weighted by Gasteiger charge is -2.03. The van der Waals surface area contributed by atoms with Crippen LogP contribution >= 0.6 is 11.6 Å². The van der Waals surface area contributed by atoms with Crippen LogP contribution in [0.5, 0.6) is 5.75 Å². The molecule has 0 fully saturated rings. The Morgan fingerprint density at radius 2 is 2.25 bits per heavy atom. The number of rotatable bonds is 3. The molecule has 1 aromatic carbocycles. The molecule has 0 spiro atoms. The molecule has 2 aromatic rings. The zero-order chi connectivity index (χ0) is 11.5. The molecule has 6 heteroatoms. The van der Waals surface area contributed by atoms with E-state index in [1.165, 1.54) is 18.2 Å². The van der Waals surface area contributed by atoms with Crippen molar-refractivity contribution in [3.63, 3.8) is 0 Å². The van der Waals surface area contributed by atoms with E-state index >= 15 is 0 Å². The van der Waals surface area contributed by atoms with Crippen LogP contribution in [0.1, 0.15) is 11.8 Å². The first kappa shape index (κ1) is 10.9. The van der Waals surface area contributed by atoms with Gasteiger partial charge in [-0.2, -0.15) is 0 Å². The Bertz CT molecular complexity index is 501. The summed E-state index contributed by atoms with van der Waals surface area (Å²) < 4.78 is 23.2. The number of halogens is 2. The van der Waals surface area contributed by atoms with Crippen molar-refractivity contribution in [2.45, 2.75) is 13.5 Å². The minimum absolute atomic E-state index is 0.0132. The maximum Gasteiger partial charge on any atom is 0.253 e. The maximum atomic E-state index is 12.8. The molecule has 0 radical (unpaired) electrons. The van der Waals surface area contributed by atoms with Gasteiger partial charge in [0.2, 0.25) is 5.89 Å². The minimum Gasteiger partial charge on any atom is -0.484 e. The number of aromatic nitrogens is 2. The number of benzene rings is 1. The molecule has 0 bridgehead atoms. The third kappa shape index (κ3) is 2.49. The van der Waals surface area contributed by atoms with E-state index in [0.29, 0.717) is 17.5 Å². The first-order valence-electron chi connectivity index (χ1n) is 4.52. The molecule has 1 heterocycles. The molecule has 0 aliphatic heterocycles. The molecule has 0 unspecified atom stereocenters. The Morgan fingerprint density at radius 3 is 2.88 bits per heavy atom. The third-order valence-corrected chi connectivity index (χ3v) is 2.11. The first-order chi connectivity index (χ1) is 7.65. The van der Waals surface area contributed by atoms with E-state index in [1.54, 1.807) is 6.92 Å². The number of ether oxygens (including phenoxy) is 1. The molecule has 84 valence electrons. The van der Waals surface area contributed by atoms with Crippen LogP contribution in [0.15, 0.2) is 22.6 Å². The standard InChI is InChI=1S/C10H8ClFN2O2/c1-6-13-14-10(16-6)5-15-7-2-3-9(12)8(11)4-7/h2-4H,5H2,1H3. The summed E-state index contributed by atoms with van der Waals surface area (Å²) in [5, 5.41) is 7.41. The van der Waals surface area contributed by atoms with E-state index < -0.39 is 5.82 Å². The SMILES string of the molecule is Cc1nnc(COc2ccc(F)c(Cl)c2)o1. The third-order valence-electron chi connectivity index (χ3n) is 1.82. The van der Waals surface area contributed by atoms with Crippen LogP contribution in [0, 0.1) is 12.7 Å². The second kappa shape index (κ2) is 4.49. The summed E-state index contributed by atoms with van der Waals surface area (Å²) >= 11 is 5.59. The lowest BCUT2D eigenvalue weighted by molar-refractivity contribution is 0.260. The summed E-state index contributed by atoms with van der Waals surface area (Å²) in [7, 11) is 0. The van der Waals surface area contributed by atoms with Gasteiger partial charge in [-0.15, -0.1) is 10.2 Å². The van der Waals surface area contributed by atoms with Crippen molar-refractivity contribution in [2.75, 3.05) is 0 Å². The lowest BCUT2D eigenvalue weighted by atomic mass is 10.3. The molecule has 1 aromatic heterocycles. The number of nitrogens with zero attached hydrogens (tertiary/aromatic N) is 2. The fourth-order valence-corrected chi connectivity index (χ4v) is 1.28. The van der Waals surface area contributed by atoms with Gasteiger partial charge in [0, 0.05) is 13.0 Å². The highest BCUT2D eigenvalue weighted by molar-refractivity contribution is 6.30. The Kier molecular flexibility index (Phi) is 3.05. The van der Waals surface area contributed by atoms with Gasteiger partial charge in [0.15, 0.2) is 6.61 Å². The average molecular weight is 243 g/mol. The summed E-state index contributed by atoms with van der Waals surface area (Å²) in [6, 6.07) is 4.10. The number of aryl methyl sites for hydroxylation is 1. The summed E-state index contributed by atoms with van der Waals surface area (Å²) in [4.78, 5) is 0. The van der Waals surface area contributed by atoms with E-state index in [0.717, 1.165) is 0 Å². The molecule has 0 aliphatic rings. The van der Waals surface area contributed by atoms with E-state index in [1.807, 2.05) is 0 Å². The van der Waals surface area contributed by atoms with Crippen LogP contribution in [0.2, 0.25) is 5.02 Å². The number of hydrogen-bond acceptors (Lipinski definition) is 4. The Hall–Kier alpha value is -1.62. The highest BCUT2D eigenvalue weighted by Crippen LogP contribution is 2.21. The summed E-state index contributed by atoms with van der Waals surface area (Å²) in [5.41, 5.74) is 0. The van der Waals surface area contributed by atoms with Gasteiger partial charge in [-0.3, -0.25) is 0 Å². The van der Waals surface area contributed by atoms with E-state index in [4.69, 9.17) is 20.8 Å². The molecule has 0 N–H and O–H groups in total. The fraction of sp³-hybridized carbons (Fsp3) is 0.200. The maximum absolute atomic E-state index is 12.8. The van der Waals surface area contributed by atoms with Gasteiger partial charge in [-0.25, -0.2) is 4.39 Å². The molecule has 16 heavy (non-hydrogen) atoms. The molecular weight excluding hydrogens is 235 g/mol. The van der Waals surface area contributed by atoms with Gasteiger partial charge in [-0.1, -0.05) is 11.6 Å². The van der Waals surface area contributed by atoms with Gasteiger partial charge >= 0.3 is 0 Å². The highest BCUT2D eigenvalue weighted by Gasteiger charge is 2.05. The molecule has 0 saturated carbocycles. The fourth-order valence-electron chi connectivity index (χ4n) is 1.11. The van der Waals surface area contributed by atoms with E-state index in [2.05, 4.69) is 10.2 Å². The van der Waals surface area contributed by atoms with Crippen molar-refractivity contribution in [1.29, 1.82) is 0 Å². The van der Waals surface area contributed by atoms with Gasteiger partial charge in [0.05, 0.1) is 5.02 Å². The van der Waals surface area contributed by atoms with Crippen LogP contribution in [0.4, 0.5) is 4.39 Å². The zero-order valence-electron chi connectivity index (χ0n) is 8.41. The quantitative estimate of drug-likeness (QED) is 0.830. The van der Waals surface area contributed by atoms with E-state index in [9.17, 15) is 4.39 Å². The minimum atomic E-state index is -0.484. The zero-order valence-corrected chi connectivity index (χ0v) is 9.16. The predicted molar refractivity (Wildman–Crippen MR) is 54.8 cm³/mol. The van der Waals surface area contributed by atoms with Crippen LogP contribution in [-0.4, -0.2) is 10.2 Å². The topological polar surface area (TPSA) is 48.2 Å². The molecule has 4 nitrogen and oxygen atoms in total. The average Bonchev–Trinajstić information content (AvgIpc) is 2.66. The second-order valence-corrected chi connectivity index (χ2v) is 3.49. The second-order valence-electron chi connectivity index (χ2n) is 3.08. The van der Waals surface area contributed by atoms with Crippen molar-refractivity contribution < 1.29 is 13.5 Å². The van der Waals surface area contributed by atoms with Gasteiger partial charge in [0.25, 0.3) is 5.89 Å². The van der Waals surface area contributed by atoms with Gasteiger partial charge in [-0.05, 0) is 12.1 Å². The predicted octanol–water partition coefficient (Wildman–Crippen LogP) is 2.75. The lowest BCUT2D eigenvalue weighted by Crippen LogP contribution is -1.96. The van der Waals surface area contributed by atoms with Crippen molar-refractivity contribution in [3.8, 4) is 5.75 Å². The van der Waals surface area contributed by atoms with Gasteiger partial charge in [0.1, 0.15) is 11.6 Å². The van der Waals surface area contributed by atoms with Crippen LogP contribution in [0.25, 0.3) is 0 Å². The van der Waals surface area contributed by atoms with Crippen LogP contribution in [0.3, 0.4) is 0 Å². The molecule has 0 saturated heterocycles. The summed E-state index contributed by atoms with van der Waals surface area (Å²) in [6.45, 7) is 1.81. The van der Waals surface area contributed by atoms with Crippen LogP contribution in [-0.2, 0) is 6.61 Å². The van der Waals surface area contributed by atoms with Crippen molar-refractivity contribution in [3.05, 3.63) is 40.8 Å². The normalized spacial score (nSPS) is 10.4. The molecule has 0 atom stereocenters. The Morgan fingerprint density at radius 1 is 1.44 bits per heavy atom. The summed E-state index contributed by atoms with van der Waals surface area (Å²) in [6.07, 6.45) is 0. The largest absolute Gasteiger partial charge is 0.484 e. The molecule has 0 amide bonds. The Labute approximate surface area is 96.0 Å². The van der Waals surface area contributed by atoms with Crippen LogP contribution < -0.4 is 4.74 Å². The molecule has 0 aliphatic carbocycles. The smallest absolute Gasteiger partial charge is 0.253 e. The first-order valence-corrected chi connectivity index (χ1v) is 4.90. The molecule has 2 rings (SSSR count). The van der Waals surface area contributed by atoms with Crippen molar-refractivity contribution >= 4 is 11.6 Å². The monoisotopic (exact) mass is 242 g/mol. The van der Waals surface area contributed by atoms with Crippen molar-refractivity contribution in [2.24, 2.45) is 0 Å².